The van der Waals surface area contributed by atoms with Crippen molar-refractivity contribution in [3.8, 4) is 0 Å². The molecule has 0 aromatic carbocycles. The van der Waals surface area contributed by atoms with E-state index in [1.807, 2.05) is 25.1 Å². The summed E-state index contributed by atoms with van der Waals surface area (Å²) < 4.78 is 0. The molecule has 1 saturated heterocycles. The highest BCUT2D eigenvalue weighted by atomic mass is 127. The molecule has 8 heteroatoms. The number of pyridine rings is 1. The van der Waals surface area contributed by atoms with Crippen molar-refractivity contribution in [2.24, 2.45) is 28.7 Å². The van der Waals surface area contributed by atoms with E-state index < -0.39 is 0 Å². The SMILES string of the molecule is CCNC(=NCCc1ccccn1)NCCN1C(=O)C2C3C=CC(C3)C2C1=O.I. The third kappa shape index (κ3) is 4.46. The summed E-state index contributed by atoms with van der Waals surface area (Å²) in [5, 5.41) is 6.44. The van der Waals surface area contributed by atoms with Crippen LogP contribution in [-0.4, -0.2) is 53.8 Å². The number of nitrogens with one attached hydrogen (secondary N) is 2. The van der Waals surface area contributed by atoms with Crippen molar-refractivity contribution < 1.29 is 9.59 Å². The number of nitrogens with zero attached hydrogens (tertiary/aromatic N) is 3. The first-order valence-electron chi connectivity index (χ1n) is 10.1. The van der Waals surface area contributed by atoms with Crippen LogP contribution < -0.4 is 10.6 Å². The zero-order valence-corrected chi connectivity index (χ0v) is 18.9. The van der Waals surface area contributed by atoms with Crippen LogP contribution in [-0.2, 0) is 16.0 Å². The number of allylic oxidation sites excluding steroid dienone is 2. The van der Waals surface area contributed by atoms with E-state index in [2.05, 4.69) is 32.8 Å². The lowest BCUT2D eigenvalue weighted by atomic mass is 9.85. The van der Waals surface area contributed by atoms with Crippen molar-refractivity contribution in [1.29, 1.82) is 0 Å². The minimum absolute atomic E-state index is 0. The number of imide groups is 1. The first kappa shape index (κ1) is 21.7. The van der Waals surface area contributed by atoms with E-state index in [0.717, 1.165) is 25.1 Å². The van der Waals surface area contributed by atoms with Crippen LogP contribution in [0, 0.1) is 23.7 Å². The van der Waals surface area contributed by atoms with E-state index in [4.69, 9.17) is 0 Å². The zero-order valence-electron chi connectivity index (χ0n) is 16.6. The average molecular weight is 509 g/mol. The van der Waals surface area contributed by atoms with Gasteiger partial charge in [0.25, 0.3) is 0 Å². The molecule has 1 aromatic rings. The Kier molecular flexibility index (Phi) is 7.26. The Hall–Kier alpha value is -1.97. The van der Waals surface area contributed by atoms with Crippen LogP contribution in [0.5, 0.6) is 0 Å². The molecule has 1 saturated carbocycles. The van der Waals surface area contributed by atoms with E-state index in [-0.39, 0.29) is 59.5 Å². The number of carbonyl (C=O) groups excluding carboxylic acids is 2. The minimum atomic E-state index is -0.122. The van der Waals surface area contributed by atoms with E-state index in [1.165, 1.54) is 4.90 Å². The van der Waals surface area contributed by atoms with Gasteiger partial charge in [-0.2, -0.15) is 0 Å². The molecule has 2 N–H and O–H groups in total. The molecule has 4 rings (SSSR count). The monoisotopic (exact) mass is 509 g/mol. The molecule has 1 aliphatic heterocycles. The lowest BCUT2D eigenvalue weighted by molar-refractivity contribution is -0.140. The Morgan fingerprint density at radius 3 is 2.52 bits per heavy atom. The molecule has 0 spiro atoms. The number of rotatable bonds is 7. The third-order valence-electron chi connectivity index (χ3n) is 5.90. The van der Waals surface area contributed by atoms with Crippen LogP contribution in [0.2, 0.25) is 0 Å². The van der Waals surface area contributed by atoms with Gasteiger partial charge in [0.1, 0.15) is 0 Å². The zero-order chi connectivity index (χ0) is 19.5. The average Bonchev–Trinajstić information content (AvgIpc) is 3.38. The standard InChI is InChI=1S/C21H27N5O2.HI/c1-2-22-21(24-10-8-16-5-3-4-9-23-16)25-11-12-26-19(27)17-14-6-7-15(13-14)18(17)20(26)28;/h3-7,9,14-15,17-18H,2,8,10-13H2,1H3,(H2,22,24,25);1H. The lowest BCUT2D eigenvalue weighted by Crippen LogP contribution is -2.43. The van der Waals surface area contributed by atoms with Gasteiger partial charge in [0.2, 0.25) is 11.8 Å². The second-order valence-corrected chi connectivity index (χ2v) is 7.59. The van der Waals surface area contributed by atoms with Crippen LogP contribution >= 0.6 is 24.0 Å². The van der Waals surface area contributed by atoms with Gasteiger partial charge in [-0.15, -0.1) is 24.0 Å². The maximum Gasteiger partial charge on any atom is 0.233 e. The fraction of sp³-hybridized carbons (Fsp3) is 0.524. The van der Waals surface area contributed by atoms with Gasteiger partial charge in [0.15, 0.2) is 5.96 Å². The van der Waals surface area contributed by atoms with E-state index in [1.54, 1.807) is 6.20 Å². The molecule has 2 bridgehead atoms. The van der Waals surface area contributed by atoms with Gasteiger partial charge in [0, 0.05) is 44.5 Å². The lowest BCUT2D eigenvalue weighted by Gasteiger charge is -2.18. The predicted molar refractivity (Wildman–Crippen MR) is 122 cm³/mol. The molecule has 2 aliphatic carbocycles. The number of hydrogen-bond donors (Lipinski definition) is 2. The number of hydrogen-bond acceptors (Lipinski definition) is 4. The van der Waals surface area contributed by atoms with E-state index >= 15 is 0 Å². The Morgan fingerprint density at radius 2 is 1.90 bits per heavy atom. The van der Waals surface area contributed by atoms with Gasteiger partial charge in [-0.05, 0) is 37.3 Å². The molecule has 1 aromatic heterocycles. The van der Waals surface area contributed by atoms with Gasteiger partial charge >= 0.3 is 0 Å². The molecule has 4 atom stereocenters. The molecule has 2 fully saturated rings. The van der Waals surface area contributed by atoms with Crippen molar-refractivity contribution in [3.05, 3.63) is 42.2 Å². The minimum Gasteiger partial charge on any atom is -0.357 e. The largest absolute Gasteiger partial charge is 0.357 e. The maximum absolute atomic E-state index is 12.7. The Bertz CT molecular complexity index is 768. The van der Waals surface area contributed by atoms with Crippen LogP contribution in [0.1, 0.15) is 19.0 Å². The molecule has 156 valence electrons. The summed E-state index contributed by atoms with van der Waals surface area (Å²) in [7, 11) is 0. The number of guanidine groups is 1. The molecule has 2 heterocycles. The van der Waals surface area contributed by atoms with Crippen LogP contribution in [0.25, 0.3) is 0 Å². The number of halogens is 1. The predicted octanol–water partition coefficient (Wildman–Crippen LogP) is 1.60. The van der Waals surface area contributed by atoms with E-state index in [9.17, 15) is 9.59 Å². The Balaban J connectivity index is 0.00000240. The van der Waals surface area contributed by atoms with Gasteiger partial charge in [-0.3, -0.25) is 24.5 Å². The molecule has 29 heavy (non-hydrogen) atoms. The fourth-order valence-electron chi connectivity index (χ4n) is 4.64. The van der Waals surface area contributed by atoms with Crippen molar-refractivity contribution >= 4 is 41.8 Å². The summed E-state index contributed by atoms with van der Waals surface area (Å²) >= 11 is 0. The Morgan fingerprint density at radius 1 is 1.17 bits per heavy atom. The molecule has 3 aliphatic rings. The van der Waals surface area contributed by atoms with Gasteiger partial charge in [-0.1, -0.05) is 18.2 Å². The summed E-state index contributed by atoms with van der Waals surface area (Å²) in [5.41, 5.74) is 1.00. The molecular weight excluding hydrogens is 481 g/mol. The number of likely N-dealkylation sites (tertiary alicyclic amines) is 1. The first-order chi connectivity index (χ1) is 13.7. The molecule has 4 unspecified atom stereocenters. The van der Waals surface area contributed by atoms with Gasteiger partial charge in [-0.25, -0.2) is 0 Å². The van der Waals surface area contributed by atoms with Crippen LogP contribution in [0.15, 0.2) is 41.5 Å². The highest BCUT2D eigenvalue weighted by Crippen LogP contribution is 2.52. The highest BCUT2D eigenvalue weighted by molar-refractivity contribution is 14.0. The van der Waals surface area contributed by atoms with Crippen LogP contribution in [0.4, 0.5) is 0 Å². The van der Waals surface area contributed by atoms with Crippen molar-refractivity contribution in [2.45, 2.75) is 19.8 Å². The van der Waals surface area contributed by atoms with Crippen molar-refractivity contribution in [3.63, 3.8) is 0 Å². The highest BCUT2D eigenvalue weighted by Gasteiger charge is 2.58. The normalized spacial score (nSPS) is 27.2. The summed E-state index contributed by atoms with van der Waals surface area (Å²) in [6.45, 7) is 4.25. The van der Waals surface area contributed by atoms with E-state index in [0.29, 0.717) is 25.6 Å². The van der Waals surface area contributed by atoms with Crippen LogP contribution in [0.3, 0.4) is 0 Å². The second kappa shape index (κ2) is 9.69. The quantitative estimate of drug-likeness (QED) is 0.192. The summed E-state index contributed by atoms with van der Waals surface area (Å²) in [5.74, 6) is 0.978. The smallest absolute Gasteiger partial charge is 0.233 e. The number of carbonyl (C=O) groups is 2. The summed E-state index contributed by atoms with van der Waals surface area (Å²) in [6.07, 6.45) is 7.75. The second-order valence-electron chi connectivity index (χ2n) is 7.59. The third-order valence-corrected chi connectivity index (χ3v) is 5.90. The number of amides is 2. The molecule has 0 radical (unpaired) electrons. The summed E-state index contributed by atoms with van der Waals surface area (Å²) in [6, 6.07) is 5.85. The van der Waals surface area contributed by atoms with Crippen molar-refractivity contribution in [2.75, 3.05) is 26.2 Å². The maximum atomic E-state index is 12.7. The number of aromatic nitrogens is 1. The van der Waals surface area contributed by atoms with Crippen molar-refractivity contribution in [1.82, 2.24) is 20.5 Å². The van der Waals surface area contributed by atoms with Gasteiger partial charge < -0.3 is 10.6 Å². The topological polar surface area (TPSA) is 86.7 Å². The molecular formula is C21H28IN5O2. The molecule has 7 nitrogen and oxygen atoms in total. The summed E-state index contributed by atoms with van der Waals surface area (Å²) in [4.78, 5) is 35.7. The Labute approximate surface area is 188 Å². The number of fused-ring (bicyclic) bond motifs is 5. The van der Waals surface area contributed by atoms with Gasteiger partial charge in [0.05, 0.1) is 11.8 Å². The fourth-order valence-corrected chi connectivity index (χ4v) is 4.64. The molecule has 2 amide bonds. The first-order valence-corrected chi connectivity index (χ1v) is 10.1. The number of aliphatic imine (C=N–C) groups is 1.